The molecule has 2 amide bonds. The maximum Gasteiger partial charge on any atom is 0.317 e. The van der Waals surface area contributed by atoms with Crippen LogP contribution in [-0.4, -0.2) is 57.4 Å². The minimum Gasteiger partial charge on any atom is -0.383 e. The number of benzene rings is 1. The lowest BCUT2D eigenvalue weighted by molar-refractivity contribution is 0.177. The van der Waals surface area contributed by atoms with Crippen molar-refractivity contribution in [1.29, 1.82) is 0 Å². The average Bonchev–Trinajstić information content (AvgIpc) is 2.50. The number of anilines is 1. The molecule has 1 aromatic rings. The van der Waals surface area contributed by atoms with Crippen LogP contribution >= 0.6 is 11.6 Å². The van der Waals surface area contributed by atoms with Crippen LogP contribution in [0.25, 0.3) is 0 Å². The average molecular weight is 316 g/mol. The third-order valence-electron chi connectivity index (χ3n) is 3.42. The van der Waals surface area contributed by atoms with E-state index in [1.807, 2.05) is 0 Å². The second-order valence-electron chi connectivity index (χ2n) is 4.80. The molecule has 1 fully saturated rings. The van der Waals surface area contributed by atoms with Crippen LogP contribution in [0, 0.1) is 5.82 Å². The summed E-state index contributed by atoms with van der Waals surface area (Å²) in [5.41, 5.74) is 0.876. The third-order valence-corrected chi connectivity index (χ3v) is 3.71. The first-order chi connectivity index (χ1) is 10.1. The number of hydrogen-bond donors (Lipinski definition) is 1. The molecule has 116 valence electrons. The van der Waals surface area contributed by atoms with Crippen molar-refractivity contribution >= 4 is 23.3 Å². The van der Waals surface area contributed by atoms with Crippen LogP contribution in [0.4, 0.5) is 14.9 Å². The van der Waals surface area contributed by atoms with E-state index in [9.17, 15) is 9.18 Å². The minimum atomic E-state index is -0.420. The quantitative estimate of drug-likeness (QED) is 0.864. The van der Waals surface area contributed by atoms with E-state index in [1.165, 1.54) is 6.07 Å². The van der Waals surface area contributed by atoms with Crippen molar-refractivity contribution in [2.24, 2.45) is 0 Å². The summed E-state index contributed by atoms with van der Waals surface area (Å²) in [7, 11) is 1.60. The van der Waals surface area contributed by atoms with Crippen molar-refractivity contribution in [1.82, 2.24) is 10.2 Å². The summed E-state index contributed by atoms with van der Waals surface area (Å²) in [6.45, 7) is 3.63. The Labute approximate surface area is 128 Å². The fourth-order valence-corrected chi connectivity index (χ4v) is 2.40. The zero-order chi connectivity index (χ0) is 15.2. The molecule has 1 N–H and O–H groups in total. The summed E-state index contributed by atoms with van der Waals surface area (Å²) in [5, 5.41) is 2.92. The minimum absolute atomic E-state index is 0.0798. The predicted octanol–water partition coefficient (Wildman–Crippen LogP) is 1.96. The van der Waals surface area contributed by atoms with Gasteiger partial charge < -0.3 is 19.9 Å². The van der Waals surface area contributed by atoms with Gasteiger partial charge in [-0.3, -0.25) is 0 Å². The molecule has 1 aliphatic heterocycles. The number of urea groups is 1. The molecule has 1 aliphatic rings. The molecule has 1 aromatic carbocycles. The number of carbonyl (C=O) groups excluding carboxylic acids is 1. The molecule has 0 bridgehead atoms. The van der Waals surface area contributed by atoms with Crippen LogP contribution in [0.3, 0.4) is 0 Å². The van der Waals surface area contributed by atoms with Gasteiger partial charge in [0.25, 0.3) is 0 Å². The molecule has 0 unspecified atom stereocenters. The van der Waals surface area contributed by atoms with Gasteiger partial charge >= 0.3 is 6.03 Å². The highest BCUT2D eigenvalue weighted by atomic mass is 35.5. The summed E-state index contributed by atoms with van der Waals surface area (Å²) < 4.78 is 18.1. The van der Waals surface area contributed by atoms with Crippen LogP contribution in [0.2, 0.25) is 5.02 Å². The largest absolute Gasteiger partial charge is 0.383 e. The van der Waals surface area contributed by atoms with E-state index in [-0.39, 0.29) is 11.1 Å². The van der Waals surface area contributed by atoms with Crippen LogP contribution in [0.15, 0.2) is 18.2 Å². The molecule has 0 aliphatic carbocycles. The van der Waals surface area contributed by atoms with Crippen molar-refractivity contribution in [2.45, 2.75) is 0 Å². The standard InChI is InChI=1S/C14H19ClFN3O2/c1-21-9-4-17-14(20)19-7-5-18(6-8-19)11-2-3-13(16)12(15)10-11/h2-3,10H,4-9H2,1H3,(H,17,20). The number of carbonyl (C=O) groups is 1. The molecule has 0 saturated carbocycles. The number of nitrogens with zero attached hydrogens (tertiary/aromatic N) is 2. The van der Waals surface area contributed by atoms with Crippen molar-refractivity contribution in [3.8, 4) is 0 Å². The number of piperazine rings is 1. The number of methoxy groups -OCH3 is 1. The second kappa shape index (κ2) is 7.47. The Morgan fingerprint density at radius 2 is 2.10 bits per heavy atom. The zero-order valence-electron chi connectivity index (χ0n) is 11.9. The molecule has 21 heavy (non-hydrogen) atoms. The first-order valence-corrected chi connectivity index (χ1v) is 7.21. The molecule has 0 aromatic heterocycles. The number of amides is 2. The Kier molecular flexibility index (Phi) is 5.64. The normalized spacial score (nSPS) is 15.2. The molecule has 2 rings (SSSR count). The smallest absolute Gasteiger partial charge is 0.317 e. The summed E-state index contributed by atoms with van der Waals surface area (Å²) in [6.07, 6.45) is 0. The second-order valence-corrected chi connectivity index (χ2v) is 5.20. The van der Waals surface area contributed by atoms with E-state index in [2.05, 4.69) is 10.2 Å². The van der Waals surface area contributed by atoms with Gasteiger partial charge in [-0.05, 0) is 18.2 Å². The summed E-state index contributed by atoms with van der Waals surface area (Å²) in [4.78, 5) is 15.7. The molecule has 1 saturated heterocycles. The maximum absolute atomic E-state index is 13.2. The molecular formula is C14H19ClFN3O2. The first kappa shape index (κ1) is 15.9. The van der Waals surface area contributed by atoms with Crippen LogP contribution in [-0.2, 0) is 4.74 Å². The zero-order valence-corrected chi connectivity index (χ0v) is 12.7. The highest BCUT2D eigenvalue weighted by Crippen LogP contribution is 2.23. The molecule has 1 heterocycles. The Morgan fingerprint density at radius 1 is 1.38 bits per heavy atom. The van der Waals surface area contributed by atoms with Crippen LogP contribution in [0.5, 0.6) is 0 Å². The molecule has 5 nitrogen and oxygen atoms in total. The van der Waals surface area contributed by atoms with E-state index >= 15 is 0 Å². The summed E-state index contributed by atoms with van der Waals surface area (Å²) in [6, 6.07) is 4.60. The monoisotopic (exact) mass is 315 g/mol. The van der Waals surface area contributed by atoms with E-state index in [4.69, 9.17) is 16.3 Å². The summed E-state index contributed by atoms with van der Waals surface area (Å²) >= 11 is 5.80. The van der Waals surface area contributed by atoms with Gasteiger partial charge in [0.05, 0.1) is 11.6 Å². The highest BCUT2D eigenvalue weighted by Gasteiger charge is 2.21. The predicted molar refractivity (Wildman–Crippen MR) is 80.5 cm³/mol. The van der Waals surface area contributed by atoms with Crippen molar-refractivity contribution in [3.63, 3.8) is 0 Å². The molecule has 0 atom stereocenters. The van der Waals surface area contributed by atoms with Gasteiger partial charge in [-0.25, -0.2) is 9.18 Å². The van der Waals surface area contributed by atoms with Gasteiger partial charge in [-0.15, -0.1) is 0 Å². The Hall–Kier alpha value is -1.53. The first-order valence-electron chi connectivity index (χ1n) is 6.83. The Bertz CT molecular complexity index is 493. The fourth-order valence-electron chi connectivity index (χ4n) is 2.22. The lowest BCUT2D eigenvalue weighted by Crippen LogP contribution is -2.52. The van der Waals surface area contributed by atoms with E-state index < -0.39 is 5.82 Å². The summed E-state index contributed by atoms with van der Waals surface area (Å²) in [5.74, 6) is -0.420. The van der Waals surface area contributed by atoms with Gasteiger partial charge in [0, 0.05) is 45.5 Å². The number of nitrogens with one attached hydrogen (secondary N) is 1. The Morgan fingerprint density at radius 3 is 2.71 bits per heavy atom. The van der Waals surface area contributed by atoms with Crippen molar-refractivity contribution in [2.75, 3.05) is 51.3 Å². The molecular weight excluding hydrogens is 297 g/mol. The molecule has 0 spiro atoms. The lowest BCUT2D eigenvalue weighted by atomic mass is 10.2. The van der Waals surface area contributed by atoms with Crippen LogP contribution < -0.4 is 10.2 Å². The topological polar surface area (TPSA) is 44.8 Å². The number of halogens is 2. The van der Waals surface area contributed by atoms with Gasteiger partial charge in [-0.1, -0.05) is 11.6 Å². The highest BCUT2D eigenvalue weighted by molar-refractivity contribution is 6.31. The van der Waals surface area contributed by atoms with Crippen LogP contribution in [0.1, 0.15) is 0 Å². The van der Waals surface area contributed by atoms with Gasteiger partial charge in [0.2, 0.25) is 0 Å². The van der Waals surface area contributed by atoms with Gasteiger partial charge in [0.1, 0.15) is 5.82 Å². The number of rotatable bonds is 4. The van der Waals surface area contributed by atoms with Crippen molar-refractivity contribution < 1.29 is 13.9 Å². The maximum atomic E-state index is 13.2. The van der Waals surface area contributed by atoms with E-state index in [1.54, 1.807) is 24.1 Å². The lowest BCUT2D eigenvalue weighted by Gasteiger charge is -2.36. The van der Waals surface area contributed by atoms with Gasteiger partial charge in [-0.2, -0.15) is 0 Å². The molecule has 7 heteroatoms. The molecule has 0 radical (unpaired) electrons. The number of ether oxygens (including phenoxy) is 1. The van der Waals surface area contributed by atoms with Crippen molar-refractivity contribution in [3.05, 3.63) is 29.0 Å². The van der Waals surface area contributed by atoms with E-state index in [0.717, 1.165) is 5.69 Å². The SMILES string of the molecule is COCCNC(=O)N1CCN(c2ccc(F)c(Cl)c2)CC1. The number of hydrogen-bond acceptors (Lipinski definition) is 3. The Balaban J connectivity index is 1.85. The van der Waals surface area contributed by atoms with Gasteiger partial charge in [0.15, 0.2) is 0 Å². The third kappa shape index (κ3) is 4.22. The van der Waals surface area contributed by atoms with E-state index in [0.29, 0.717) is 39.3 Å². The fraction of sp³-hybridized carbons (Fsp3) is 0.500.